The van der Waals surface area contributed by atoms with Crippen LogP contribution in [0.25, 0.3) is 21.8 Å². The molecule has 0 fully saturated rings. The molecule has 0 radical (unpaired) electrons. The van der Waals surface area contributed by atoms with Crippen LogP contribution in [0.1, 0.15) is 93.7 Å². The van der Waals surface area contributed by atoms with Crippen LogP contribution in [0.3, 0.4) is 0 Å². The van der Waals surface area contributed by atoms with E-state index in [9.17, 15) is 41.8 Å². The molecule has 3 N–H and O–H groups in total. The first-order chi connectivity index (χ1) is 29.1. The van der Waals surface area contributed by atoms with Crippen molar-refractivity contribution in [1.29, 1.82) is 0 Å². The molecular formula is C41H52F4N6O12. The number of benzene rings is 2. The highest BCUT2D eigenvalue weighted by Crippen LogP contribution is 2.31. The molecule has 2 heterocycles. The van der Waals surface area contributed by atoms with E-state index in [1.807, 2.05) is 0 Å². The molecule has 22 heteroatoms. The highest BCUT2D eigenvalue weighted by Gasteiger charge is 2.29. The average Bonchev–Trinajstić information content (AvgIpc) is 3.16. The Morgan fingerprint density at radius 2 is 0.984 bits per heavy atom. The van der Waals surface area contributed by atoms with Crippen LogP contribution in [0.4, 0.5) is 38.5 Å². The average molecular weight is 897 g/mol. The number of carboxylic acid groups (broad SMARTS) is 1. The number of anilines is 2. The Kier molecular flexibility index (Phi) is 17.0. The molecule has 0 bridgehead atoms. The molecule has 346 valence electrons. The molecule has 0 aliphatic carbocycles. The molecule has 4 aromatic rings. The minimum absolute atomic E-state index is 0.113. The van der Waals surface area contributed by atoms with Crippen molar-refractivity contribution in [2.24, 2.45) is 0 Å². The molecule has 0 saturated carbocycles. The van der Waals surface area contributed by atoms with Gasteiger partial charge in [0.2, 0.25) is 11.8 Å². The largest absolute Gasteiger partial charge is 0.508 e. The summed E-state index contributed by atoms with van der Waals surface area (Å²) in [6.45, 7) is 15.6. The highest BCUT2D eigenvalue weighted by atomic mass is 19.3. The van der Waals surface area contributed by atoms with Crippen molar-refractivity contribution in [1.82, 2.24) is 19.9 Å². The fraction of sp³-hybridized carbons (Fsp3) is 0.512. The predicted octanol–water partition coefficient (Wildman–Crippen LogP) is 8.43. The summed E-state index contributed by atoms with van der Waals surface area (Å²) >= 11 is 0. The number of halogens is 4. The van der Waals surface area contributed by atoms with Crippen molar-refractivity contribution in [3.05, 3.63) is 48.0 Å². The first-order valence-corrected chi connectivity index (χ1v) is 19.2. The fourth-order valence-electron chi connectivity index (χ4n) is 4.97. The van der Waals surface area contributed by atoms with Gasteiger partial charge in [-0.2, -0.15) is 9.97 Å². The summed E-state index contributed by atoms with van der Waals surface area (Å²) in [5.41, 5.74) is -2.45. The highest BCUT2D eigenvalue weighted by molar-refractivity contribution is 5.90. The molecule has 0 aliphatic heterocycles. The lowest BCUT2D eigenvalue weighted by atomic mass is 10.1. The van der Waals surface area contributed by atoms with Gasteiger partial charge in [-0.15, -0.1) is 0 Å². The molecule has 2 aromatic heterocycles. The van der Waals surface area contributed by atoms with Crippen LogP contribution in [0.5, 0.6) is 11.8 Å². The second-order valence-corrected chi connectivity index (χ2v) is 16.5. The summed E-state index contributed by atoms with van der Waals surface area (Å²) in [6, 6.07) is 9.13. The molecule has 0 atom stereocenters. The van der Waals surface area contributed by atoms with E-state index in [1.165, 1.54) is 45.2 Å². The van der Waals surface area contributed by atoms with Gasteiger partial charge < -0.3 is 48.9 Å². The van der Waals surface area contributed by atoms with E-state index in [-0.39, 0.29) is 54.6 Å². The lowest BCUT2D eigenvalue weighted by Crippen LogP contribution is -2.41. The van der Waals surface area contributed by atoms with E-state index in [1.54, 1.807) is 67.5 Å². The summed E-state index contributed by atoms with van der Waals surface area (Å²) in [5.74, 6) is -3.24. The number of nitrogens with zero attached hydrogens (tertiary/aromatic N) is 4. The van der Waals surface area contributed by atoms with Gasteiger partial charge in [0.15, 0.2) is 11.6 Å². The minimum atomic E-state index is -2.92. The van der Waals surface area contributed by atoms with Gasteiger partial charge in [0.1, 0.15) is 48.7 Å². The van der Waals surface area contributed by atoms with Crippen molar-refractivity contribution in [3.63, 3.8) is 0 Å². The number of rotatable bonds is 16. The van der Waals surface area contributed by atoms with E-state index >= 15 is 0 Å². The van der Waals surface area contributed by atoms with Crippen molar-refractivity contribution >= 4 is 57.4 Å². The monoisotopic (exact) mass is 896 g/mol. The maximum atomic E-state index is 13.2. The van der Waals surface area contributed by atoms with Crippen LogP contribution in [0.15, 0.2) is 36.4 Å². The van der Waals surface area contributed by atoms with E-state index in [0.29, 0.717) is 16.8 Å². The molecule has 0 saturated heterocycles. The second kappa shape index (κ2) is 21.1. The normalized spacial score (nSPS) is 12.0. The third-order valence-corrected chi connectivity index (χ3v) is 7.75. The number of aliphatic carboxylic acids is 1. The molecule has 0 unspecified atom stereocenters. The molecule has 0 aliphatic rings. The maximum absolute atomic E-state index is 13.2. The number of carbonyl (C=O) groups is 4. The Hall–Kier alpha value is -6.48. The predicted molar refractivity (Wildman–Crippen MR) is 219 cm³/mol. The number of esters is 1. The summed E-state index contributed by atoms with van der Waals surface area (Å²) in [6.07, 6.45) is -7.60. The molecule has 0 spiro atoms. The van der Waals surface area contributed by atoms with E-state index in [4.69, 9.17) is 33.2 Å². The van der Waals surface area contributed by atoms with Crippen LogP contribution in [-0.2, 0) is 33.3 Å². The molecule has 4 rings (SSSR count). The standard InChI is InChI=1S/C21H27F2N3O6.C20H25F2N3O6/c1-20(2,3)32-19(28)31-10-9-30-17-13-11-12(26-21(4,5)18(27)29-6)7-8-14(13)24-16(25-17)15(22)23;1-19(2,3)31-18(28)30-9-8-29-16-12-10-11(25-20(4,5)17(26)27)6-7-13(12)23-15(24-16)14(21)22/h7-8,11,15,26H,9-10H2,1-6H3;6-7,10,14,25H,8-9H2,1-5H3,(H,26,27). The number of fused-ring (bicyclic) bond motifs is 2. The first-order valence-electron chi connectivity index (χ1n) is 19.2. The van der Waals surface area contributed by atoms with E-state index in [0.717, 1.165) is 0 Å². The smallest absolute Gasteiger partial charge is 0.480 e. The van der Waals surface area contributed by atoms with Crippen LogP contribution in [0.2, 0.25) is 0 Å². The fourth-order valence-corrected chi connectivity index (χ4v) is 4.97. The SMILES string of the molecule is CC(C)(C)OC(=O)OCCOc1nc(C(F)F)nc2ccc(NC(C)(C)C(=O)O)cc12.COC(=O)C(C)(C)Nc1ccc2nc(C(F)F)nc(OCCOC(=O)OC(C)(C)C)c2c1. The van der Waals surface area contributed by atoms with Gasteiger partial charge in [-0.25, -0.2) is 46.7 Å². The Morgan fingerprint density at radius 1 is 0.603 bits per heavy atom. The maximum Gasteiger partial charge on any atom is 0.508 e. The summed E-state index contributed by atoms with van der Waals surface area (Å²) in [5, 5.41) is 15.7. The quantitative estimate of drug-likeness (QED) is 0.0415. The van der Waals surface area contributed by atoms with Crippen molar-refractivity contribution in [3.8, 4) is 11.8 Å². The number of alkyl halides is 4. The van der Waals surface area contributed by atoms with Gasteiger partial charge in [0, 0.05) is 11.4 Å². The van der Waals surface area contributed by atoms with Gasteiger partial charge in [0.25, 0.3) is 12.9 Å². The van der Waals surface area contributed by atoms with Crippen molar-refractivity contribution < 1.29 is 75.0 Å². The number of hydrogen-bond acceptors (Lipinski definition) is 17. The van der Waals surface area contributed by atoms with Gasteiger partial charge >= 0.3 is 24.2 Å². The summed E-state index contributed by atoms with van der Waals surface area (Å²) in [7, 11) is 1.27. The Bertz CT molecular complexity index is 2250. The number of methoxy groups -OCH3 is 1. The van der Waals surface area contributed by atoms with E-state index in [2.05, 4.69) is 30.6 Å². The van der Waals surface area contributed by atoms with Gasteiger partial charge in [-0.1, -0.05) is 0 Å². The zero-order chi connectivity index (χ0) is 47.5. The number of aromatic nitrogens is 4. The van der Waals surface area contributed by atoms with Crippen molar-refractivity contribution in [2.45, 2.75) is 104 Å². The number of carboxylic acids is 1. The number of ether oxygens (including phenoxy) is 7. The Labute approximate surface area is 360 Å². The van der Waals surface area contributed by atoms with Crippen LogP contribution in [-0.4, -0.2) is 105 Å². The van der Waals surface area contributed by atoms with Gasteiger partial charge in [-0.05, 0) is 106 Å². The third-order valence-electron chi connectivity index (χ3n) is 7.75. The van der Waals surface area contributed by atoms with Gasteiger partial charge in [-0.3, -0.25) is 0 Å². The van der Waals surface area contributed by atoms with Crippen molar-refractivity contribution in [2.75, 3.05) is 44.2 Å². The Morgan fingerprint density at radius 3 is 1.32 bits per heavy atom. The van der Waals surface area contributed by atoms with Gasteiger partial charge in [0.05, 0.1) is 28.9 Å². The summed E-state index contributed by atoms with van der Waals surface area (Å²) < 4.78 is 88.4. The second-order valence-electron chi connectivity index (χ2n) is 16.5. The summed E-state index contributed by atoms with van der Waals surface area (Å²) in [4.78, 5) is 61.7. The first kappa shape index (κ1) is 50.9. The van der Waals surface area contributed by atoms with Crippen LogP contribution in [0, 0.1) is 0 Å². The third kappa shape index (κ3) is 16.1. The molecule has 2 aromatic carbocycles. The topological polar surface area (TPSA) is 229 Å². The van der Waals surface area contributed by atoms with Crippen LogP contribution >= 0.6 is 0 Å². The zero-order valence-corrected chi connectivity index (χ0v) is 36.7. The van der Waals surface area contributed by atoms with E-state index < -0.39 is 71.0 Å². The lowest BCUT2D eigenvalue weighted by molar-refractivity contribution is -0.144. The number of hydrogen-bond donors (Lipinski definition) is 3. The van der Waals surface area contributed by atoms with Crippen LogP contribution < -0.4 is 20.1 Å². The lowest BCUT2D eigenvalue weighted by Gasteiger charge is -2.24. The molecule has 18 nitrogen and oxygen atoms in total. The molecular weight excluding hydrogens is 844 g/mol. The Balaban J connectivity index is 0.000000335. The molecule has 0 amide bonds. The molecule has 63 heavy (non-hydrogen) atoms. The zero-order valence-electron chi connectivity index (χ0n) is 36.7. The number of carbonyl (C=O) groups excluding carboxylic acids is 3. The minimum Gasteiger partial charge on any atom is -0.480 e. The number of nitrogens with one attached hydrogen (secondary N) is 2.